The molecule has 0 atom stereocenters. The first-order valence-electron chi connectivity index (χ1n) is 8.27. The number of pyridine rings is 1. The maximum atomic E-state index is 12.8. The fourth-order valence-electron chi connectivity index (χ4n) is 3.13. The molecule has 0 spiro atoms. The topological polar surface area (TPSA) is 41.4 Å². The molecule has 1 aliphatic rings. The van der Waals surface area contributed by atoms with Crippen molar-refractivity contribution in [1.29, 1.82) is 0 Å². The summed E-state index contributed by atoms with van der Waals surface area (Å²) in [5.74, 6) is 0.129. The first kappa shape index (κ1) is 15.7. The largest absolute Gasteiger partial charge is 0.346 e. The minimum atomic E-state index is 0.129. The van der Waals surface area contributed by atoms with Crippen molar-refractivity contribution in [3.05, 3.63) is 42.5 Å². The fourth-order valence-corrected chi connectivity index (χ4v) is 3.13. The second-order valence-corrected chi connectivity index (χ2v) is 6.09. The van der Waals surface area contributed by atoms with E-state index in [-0.39, 0.29) is 5.91 Å². The second-order valence-electron chi connectivity index (χ2n) is 6.09. The van der Waals surface area contributed by atoms with E-state index in [2.05, 4.69) is 16.8 Å². The van der Waals surface area contributed by atoms with E-state index in [1.807, 2.05) is 40.9 Å². The van der Waals surface area contributed by atoms with Crippen LogP contribution >= 0.6 is 0 Å². The Bertz CT molecular complexity index is 657. The van der Waals surface area contributed by atoms with E-state index in [9.17, 15) is 4.79 Å². The smallest absolute Gasteiger partial charge is 0.270 e. The molecule has 0 N–H and O–H groups in total. The van der Waals surface area contributed by atoms with Gasteiger partial charge >= 0.3 is 0 Å². The van der Waals surface area contributed by atoms with Crippen LogP contribution in [0.3, 0.4) is 0 Å². The van der Waals surface area contributed by atoms with E-state index < -0.39 is 0 Å². The second kappa shape index (κ2) is 6.96. The number of carbonyl (C=O) groups is 1. The summed E-state index contributed by atoms with van der Waals surface area (Å²) in [6.45, 7) is 6.89. The molecule has 1 fully saturated rings. The van der Waals surface area contributed by atoms with E-state index in [0.29, 0.717) is 0 Å². The molecule has 0 bridgehead atoms. The van der Waals surface area contributed by atoms with Gasteiger partial charge in [0.25, 0.3) is 5.91 Å². The number of aromatic nitrogens is 2. The van der Waals surface area contributed by atoms with E-state index >= 15 is 0 Å². The first-order valence-corrected chi connectivity index (χ1v) is 8.27. The zero-order valence-corrected chi connectivity index (χ0v) is 13.9. The predicted octanol–water partition coefficient (Wildman–Crippen LogP) is 2.25. The lowest BCUT2D eigenvalue weighted by atomic mass is 10.1. The summed E-state index contributed by atoms with van der Waals surface area (Å²) in [6, 6.07) is 5.91. The highest BCUT2D eigenvalue weighted by Crippen LogP contribution is 2.22. The summed E-state index contributed by atoms with van der Waals surface area (Å²) < 4.78 is 1.93. The maximum absolute atomic E-state index is 12.8. The average molecular weight is 312 g/mol. The summed E-state index contributed by atoms with van der Waals surface area (Å²) in [6.07, 6.45) is 6.73. The molecule has 122 valence electrons. The molecular formula is C18H24N4O. The third kappa shape index (κ3) is 3.45. The first-order chi connectivity index (χ1) is 11.2. The van der Waals surface area contributed by atoms with E-state index in [1.54, 1.807) is 12.4 Å². The monoisotopic (exact) mass is 312 g/mol. The number of nitrogens with zero attached hydrogens (tertiary/aromatic N) is 4. The van der Waals surface area contributed by atoms with Crippen LogP contribution in [0.4, 0.5) is 0 Å². The summed E-state index contributed by atoms with van der Waals surface area (Å²) >= 11 is 0. The Morgan fingerprint density at radius 3 is 2.48 bits per heavy atom. The highest BCUT2D eigenvalue weighted by atomic mass is 16.2. The van der Waals surface area contributed by atoms with Crippen LogP contribution in [-0.2, 0) is 7.05 Å². The van der Waals surface area contributed by atoms with Crippen molar-refractivity contribution < 1.29 is 4.79 Å². The van der Waals surface area contributed by atoms with E-state index in [0.717, 1.165) is 49.5 Å². The summed E-state index contributed by atoms with van der Waals surface area (Å²) in [4.78, 5) is 21.2. The molecule has 23 heavy (non-hydrogen) atoms. The Balaban J connectivity index is 1.72. The normalized spacial score (nSPS) is 15.8. The molecule has 3 heterocycles. The zero-order chi connectivity index (χ0) is 16.2. The van der Waals surface area contributed by atoms with Gasteiger partial charge in [0, 0.05) is 57.4 Å². The Kier molecular flexibility index (Phi) is 4.76. The van der Waals surface area contributed by atoms with Gasteiger partial charge in [-0.15, -0.1) is 0 Å². The molecule has 5 heteroatoms. The molecule has 3 rings (SSSR count). The minimum Gasteiger partial charge on any atom is -0.346 e. The lowest BCUT2D eigenvalue weighted by Gasteiger charge is -2.34. The van der Waals surface area contributed by atoms with Crippen molar-refractivity contribution in [2.45, 2.75) is 13.3 Å². The summed E-state index contributed by atoms with van der Waals surface area (Å²) in [5.41, 5.74) is 2.89. The van der Waals surface area contributed by atoms with Crippen molar-refractivity contribution in [3.63, 3.8) is 0 Å². The molecule has 1 amide bonds. The Labute approximate surface area is 137 Å². The Hall–Kier alpha value is -2.14. The van der Waals surface area contributed by atoms with Gasteiger partial charge in [-0.2, -0.15) is 0 Å². The van der Waals surface area contributed by atoms with Gasteiger partial charge in [0.05, 0.1) is 0 Å². The molecule has 0 saturated carbocycles. The summed E-state index contributed by atoms with van der Waals surface area (Å²) in [7, 11) is 1.94. The van der Waals surface area contributed by atoms with Gasteiger partial charge < -0.3 is 9.47 Å². The van der Waals surface area contributed by atoms with Gasteiger partial charge in [-0.25, -0.2) is 0 Å². The molecule has 2 aromatic rings. The highest BCUT2D eigenvalue weighted by molar-refractivity contribution is 5.94. The number of carbonyl (C=O) groups excluding carboxylic acids is 1. The number of rotatable bonds is 4. The minimum absolute atomic E-state index is 0.129. The summed E-state index contributed by atoms with van der Waals surface area (Å²) in [5, 5.41) is 0. The van der Waals surface area contributed by atoms with Crippen LogP contribution in [0.5, 0.6) is 0 Å². The van der Waals surface area contributed by atoms with Crippen LogP contribution in [0.25, 0.3) is 11.1 Å². The van der Waals surface area contributed by atoms with Gasteiger partial charge in [-0.3, -0.25) is 14.7 Å². The molecule has 1 saturated heterocycles. The average Bonchev–Trinajstić information content (AvgIpc) is 2.98. The fraction of sp³-hybridized carbons (Fsp3) is 0.444. The number of piperazine rings is 1. The van der Waals surface area contributed by atoms with Gasteiger partial charge in [0.15, 0.2) is 0 Å². The van der Waals surface area contributed by atoms with Crippen LogP contribution in [0.15, 0.2) is 36.8 Å². The molecule has 1 aliphatic heterocycles. The van der Waals surface area contributed by atoms with Crippen LogP contribution in [0, 0.1) is 0 Å². The number of hydrogen-bond acceptors (Lipinski definition) is 3. The predicted molar refractivity (Wildman–Crippen MR) is 91.3 cm³/mol. The molecular weight excluding hydrogens is 288 g/mol. The van der Waals surface area contributed by atoms with Crippen molar-refractivity contribution in [2.75, 3.05) is 32.7 Å². The molecule has 0 aromatic carbocycles. The standard InChI is InChI=1S/C18H24N4O/c1-3-8-21-9-11-22(12-10-21)18(23)17-13-16(14-20(17)2)15-4-6-19-7-5-15/h4-7,13-14H,3,8-12H2,1-2H3. The van der Waals surface area contributed by atoms with Gasteiger partial charge in [-0.1, -0.05) is 6.92 Å². The molecule has 0 unspecified atom stereocenters. The van der Waals surface area contributed by atoms with Gasteiger partial charge in [-0.05, 0) is 36.7 Å². The zero-order valence-electron chi connectivity index (χ0n) is 13.9. The van der Waals surface area contributed by atoms with Crippen LogP contribution in [0.2, 0.25) is 0 Å². The number of hydrogen-bond donors (Lipinski definition) is 0. The van der Waals surface area contributed by atoms with Crippen LogP contribution in [-0.4, -0.2) is 58.0 Å². The van der Waals surface area contributed by atoms with Crippen molar-refractivity contribution in [3.8, 4) is 11.1 Å². The molecule has 5 nitrogen and oxygen atoms in total. The highest BCUT2D eigenvalue weighted by Gasteiger charge is 2.23. The molecule has 2 aromatic heterocycles. The lowest BCUT2D eigenvalue weighted by Crippen LogP contribution is -2.49. The Morgan fingerprint density at radius 2 is 1.83 bits per heavy atom. The SMILES string of the molecule is CCCN1CCN(C(=O)c2cc(-c3ccncc3)cn2C)CC1. The Morgan fingerprint density at radius 1 is 1.13 bits per heavy atom. The van der Waals surface area contributed by atoms with Crippen molar-refractivity contribution in [2.24, 2.45) is 7.05 Å². The van der Waals surface area contributed by atoms with Gasteiger partial charge in [0.1, 0.15) is 5.69 Å². The van der Waals surface area contributed by atoms with E-state index in [4.69, 9.17) is 0 Å². The molecule has 0 radical (unpaired) electrons. The van der Waals surface area contributed by atoms with E-state index in [1.165, 1.54) is 6.42 Å². The number of amides is 1. The number of aryl methyl sites for hydroxylation is 1. The third-order valence-electron chi connectivity index (χ3n) is 4.44. The van der Waals surface area contributed by atoms with Crippen LogP contribution < -0.4 is 0 Å². The maximum Gasteiger partial charge on any atom is 0.270 e. The van der Waals surface area contributed by atoms with Crippen molar-refractivity contribution >= 4 is 5.91 Å². The molecule has 0 aliphatic carbocycles. The quantitative estimate of drug-likeness (QED) is 0.869. The van der Waals surface area contributed by atoms with Crippen LogP contribution in [0.1, 0.15) is 23.8 Å². The lowest BCUT2D eigenvalue weighted by molar-refractivity contribution is 0.0628. The third-order valence-corrected chi connectivity index (χ3v) is 4.44. The van der Waals surface area contributed by atoms with Gasteiger partial charge in [0.2, 0.25) is 0 Å². The van der Waals surface area contributed by atoms with Crippen molar-refractivity contribution in [1.82, 2.24) is 19.4 Å².